The monoisotopic (exact) mass is 453 g/mol. The van der Waals surface area contributed by atoms with E-state index >= 15 is 0 Å². The highest BCUT2D eigenvalue weighted by molar-refractivity contribution is 7.92. The number of hydrogen-bond donors (Lipinski definition) is 3. The number of nitrogens with one attached hydrogen (secondary N) is 2. The quantitative estimate of drug-likeness (QED) is 0.385. The second-order valence-corrected chi connectivity index (χ2v) is 8.92. The van der Waals surface area contributed by atoms with Gasteiger partial charge in [-0.2, -0.15) is 0 Å². The van der Waals surface area contributed by atoms with E-state index in [1.165, 1.54) is 25.3 Å². The van der Waals surface area contributed by atoms with Crippen LogP contribution in [-0.2, 0) is 10.0 Å². The van der Waals surface area contributed by atoms with Crippen molar-refractivity contribution < 1.29 is 22.7 Å². The predicted octanol–water partition coefficient (Wildman–Crippen LogP) is 4.87. The Morgan fingerprint density at radius 2 is 1.72 bits per heavy atom. The molecule has 0 unspecified atom stereocenters. The lowest BCUT2D eigenvalue weighted by molar-refractivity contribution is 0.373. The van der Waals surface area contributed by atoms with Gasteiger partial charge >= 0.3 is 0 Å². The summed E-state index contributed by atoms with van der Waals surface area (Å²) in [7, 11) is -2.14. The average Bonchev–Trinajstić information content (AvgIpc) is 2.75. The van der Waals surface area contributed by atoms with Crippen molar-refractivity contribution in [3.05, 3.63) is 72.7 Å². The molecule has 0 aliphatic rings. The van der Waals surface area contributed by atoms with E-state index in [1.807, 2.05) is 18.2 Å². The minimum absolute atomic E-state index is 0.0517. The largest absolute Gasteiger partial charge is 0.504 e. The number of anilines is 3. The summed E-state index contributed by atoms with van der Waals surface area (Å²) >= 11 is 0. The third-order valence-electron chi connectivity index (χ3n) is 4.80. The third-order valence-corrected chi connectivity index (χ3v) is 5.39. The molecule has 0 bridgehead atoms. The molecule has 0 saturated heterocycles. The molecule has 9 heteroatoms. The summed E-state index contributed by atoms with van der Waals surface area (Å²) in [4.78, 5) is 4.39. The van der Waals surface area contributed by atoms with Crippen molar-refractivity contribution in [1.82, 2.24) is 4.98 Å². The van der Waals surface area contributed by atoms with Crippen LogP contribution in [-0.4, -0.2) is 31.9 Å². The van der Waals surface area contributed by atoms with Crippen LogP contribution in [0.2, 0.25) is 0 Å². The minimum Gasteiger partial charge on any atom is -0.504 e. The number of phenols is 1. The molecule has 4 rings (SSSR count). The molecule has 0 atom stereocenters. The number of ether oxygens (including phenoxy) is 1. The van der Waals surface area contributed by atoms with E-state index in [0.717, 1.165) is 28.3 Å². The zero-order valence-corrected chi connectivity index (χ0v) is 18.1. The maximum Gasteiger partial charge on any atom is 0.229 e. The van der Waals surface area contributed by atoms with Crippen molar-refractivity contribution in [2.45, 2.75) is 0 Å². The maximum absolute atomic E-state index is 14.0. The van der Waals surface area contributed by atoms with Crippen LogP contribution in [0.3, 0.4) is 0 Å². The van der Waals surface area contributed by atoms with E-state index in [4.69, 9.17) is 4.74 Å². The number of phenolic OH excluding ortho intramolecular Hbond substituents is 1. The molecule has 3 N–H and O–H groups in total. The normalized spacial score (nSPS) is 11.3. The Morgan fingerprint density at radius 1 is 0.969 bits per heavy atom. The highest BCUT2D eigenvalue weighted by Gasteiger charge is 2.11. The number of methoxy groups -OCH3 is 1. The van der Waals surface area contributed by atoms with Crippen LogP contribution < -0.4 is 14.8 Å². The predicted molar refractivity (Wildman–Crippen MR) is 124 cm³/mol. The van der Waals surface area contributed by atoms with Gasteiger partial charge in [0.15, 0.2) is 11.5 Å². The Hall–Kier alpha value is -3.85. The summed E-state index contributed by atoms with van der Waals surface area (Å²) in [6.07, 6.45) is 2.61. The molecule has 0 spiro atoms. The number of hydrogen-bond acceptors (Lipinski definition) is 6. The van der Waals surface area contributed by atoms with E-state index < -0.39 is 15.8 Å². The number of fused-ring (bicyclic) bond motifs is 1. The zero-order chi connectivity index (χ0) is 22.9. The number of benzene rings is 3. The summed E-state index contributed by atoms with van der Waals surface area (Å²) in [5.41, 5.74) is 3.53. The van der Waals surface area contributed by atoms with Crippen LogP contribution in [0.25, 0.3) is 22.0 Å². The first-order chi connectivity index (χ1) is 15.2. The van der Waals surface area contributed by atoms with Gasteiger partial charge in [-0.1, -0.05) is 12.1 Å². The number of halogens is 1. The molecular weight excluding hydrogens is 433 g/mol. The van der Waals surface area contributed by atoms with E-state index in [2.05, 4.69) is 15.0 Å². The lowest BCUT2D eigenvalue weighted by Gasteiger charge is -2.13. The fourth-order valence-corrected chi connectivity index (χ4v) is 3.88. The van der Waals surface area contributed by atoms with Gasteiger partial charge in [0.05, 0.1) is 24.6 Å². The highest BCUT2D eigenvalue weighted by Crippen LogP contribution is 2.34. The van der Waals surface area contributed by atoms with Gasteiger partial charge in [0.25, 0.3) is 0 Å². The Labute approximate surface area is 184 Å². The first kappa shape index (κ1) is 21.4. The molecule has 32 heavy (non-hydrogen) atoms. The van der Waals surface area contributed by atoms with Crippen molar-refractivity contribution in [1.29, 1.82) is 0 Å². The van der Waals surface area contributed by atoms with Gasteiger partial charge in [-0.15, -0.1) is 0 Å². The standard InChI is InChI=1S/C23H20FN3O4S/c1-31-23-12-15(4-8-22(23)28)14-3-7-19-17(11-14)20(9-10-25-19)26-16-5-6-18(24)21(13-16)27-32(2,29)30/h3-13,27-28H,1-2H3,(H,25,26). The molecule has 0 amide bonds. The van der Waals surface area contributed by atoms with Crippen molar-refractivity contribution in [2.75, 3.05) is 23.4 Å². The van der Waals surface area contributed by atoms with E-state index in [1.54, 1.807) is 30.5 Å². The maximum atomic E-state index is 14.0. The van der Waals surface area contributed by atoms with Crippen LogP contribution in [0.1, 0.15) is 0 Å². The number of rotatable bonds is 6. The van der Waals surface area contributed by atoms with Crippen LogP contribution in [0.4, 0.5) is 21.5 Å². The van der Waals surface area contributed by atoms with Crippen molar-refractivity contribution in [3.8, 4) is 22.6 Å². The van der Waals surface area contributed by atoms with Gasteiger partial charge in [0.1, 0.15) is 5.82 Å². The number of aromatic nitrogens is 1. The molecule has 1 heterocycles. The van der Waals surface area contributed by atoms with Gasteiger partial charge in [0.2, 0.25) is 10.0 Å². The fraction of sp³-hybridized carbons (Fsp3) is 0.0870. The van der Waals surface area contributed by atoms with Crippen LogP contribution in [0, 0.1) is 5.82 Å². The van der Waals surface area contributed by atoms with Crippen LogP contribution in [0.5, 0.6) is 11.5 Å². The second kappa shape index (κ2) is 8.35. The van der Waals surface area contributed by atoms with Crippen LogP contribution in [0.15, 0.2) is 66.9 Å². The lowest BCUT2D eigenvalue weighted by atomic mass is 10.0. The van der Waals surface area contributed by atoms with Gasteiger partial charge in [-0.05, 0) is 59.7 Å². The first-order valence-corrected chi connectivity index (χ1v) is 11.4. The van der Waals surface area contributed by atoms with E-state index in [0.29, 0.717) is 17.1 Å². The van der Waals surface area contributed by atoms with Crippen molar-refractivity contribution in [2.24, 2.45) is 0 Å². The molecule has 0 aliphatic carbocycles. The third kappa shape index (κ3) is 4.57. The topological polar surface area (TPSA) is 101 Å². The second-order valence-electron chi connectivity index (χ2n) is 7.17. The molecule has 4 aromatic rings. The number of pyridine rings is 1. The average molecular weight is 453 g/mol. The molecule has 164 valence electrons. The van der Waals surface area contributed by atoms with Gasteiger partial charge in [-0.25, -0.2) is 12.8 Å². The summed E-state index contributed by atoms with van der Waals surface area (Å²) in [5, 5.41) is 13.9. The highest BCUT2D eigenvalue weighted by atomic mass is 32.2. The van der Waals surface area contributed by atoms with Crippen LogP contribution >= 0.6 is 0 Å². The van der Waals surface area contributed by atoms with E-state index in [9.17, 15) is 17.9 Å². The Kier molecular flexibility index (Phi) is 5.58. The molecule has 7 nitrogen and oxygen atoms in total. The van der Waals surface area contributed by atoms with E-state index in [-0.39, 0.29) is 11.4 Å². The molecule has 0 aliphatic heterocycles. The summed E-state index contributed by atoms with van der Waals surface area (Å²) in [6, 6.07) is 16.7. The van der Waals surface area contributed by atoms with Gasteiger partial charge < -0.3 is 15.2 Å². The number of aromatic hydroxyl groups is 1. The minimum atomic E-state index is -3.62. The first-order valence-electron chi connectivity index (χ1n) is 9.54. The van der Waals surface area contributed by atoms with Gasteiger partial charge in [-0.3, -0.25) is 9.71 Å². The zero-order valence-electron chi connectivity index (χ0n) is 17.3. The molecular formula is C23H20FN3O4S. The Bertz CT molecular complexity index is 1420. The molecule has 0 saturated carbocycles. The molecule has 0 fully saturated rings. The van der Waals surface area contributed by atoms with Gasteiger partial charge in [0, 0.05) is 23.0 Å². The molecule has 0 radical (unpaired) electrons. The lowest BCUT2D eigenvalue weighted by Crippen LogP contribution is -2.11. The SMILES string of the molecule is COc1cc(-c2ccc3nccc(Nc4ccc(F)c(NS(C)(=O)=O)c4)c3c2)ccc1O. The van der Waals surface area contributed by atoms with Crippen molar-refractivity contribution in [3.63, 3.8) is 0 Å². The fourth-order valence-electron chi connectivity index (χ4n) is 3.33. The summed E-state index contributed by atoms with van der Waals surface area (Å²) < 4.78 is 44.4. The number of nitrogens with zero attached hydrogens (tertiary/aromatic N) is 1. The number of sulfonamides is 1. The summed E-state index contributed by atoms with van der Waals surface area (Å²) in [6.45, 7) is 0. The summed E-state index contributed by atoms with van der Waals surface area (Å²) in [5.74, 6) is -0.260. The van der Waals surface area contributed by atoms with Crippen molar-refractivity contribution >= 4 is 38.0 Å². The Balaban J connectivity index is 1.74. The molecule has 1 aromatic heterocycles. The Morgan fingerprint density at radius 3 is 2.47 bits per heavy atom. The molecule has 3 aromatic carbocycles. The smallest absolute Gasteiger partial charge is 0.229 e.